The molecule has 2 aliphatic rings. The van der Waals surface area contributed by atoms with Gasteiger partial charge in [-0.1, -0.05) is 6.08 Å². The minimum Gasteiger partial charge on any atom is -0.369 e. The quantitative estimate of drug-likeness (QED) is 0.673. The Morgan fingerprint density at radius 2 is 2.10 bits per heavy atom. The SMILES string of the molecule is CC1=NCCC=C1Nc1ncc(C(F)(F)F)c(NCCCN2CCCCC2=O)n1. The zero-order valence-electron chi connectivity index (χ0n) is 16.3. The number of piperidine rings is 1. The molecule has 7 nitrogen and oxygen atoms in total. The molecular formula is C19H25F3N6O. The first-order chi connectivity index (χ1) is 13.8. The first kappa shape index (κ1) is 21.1. The van der Waals surface area contributed by atoms with Crippen LogP contribution in [0.15, 0.2) is 23.0 Å². The van der Waals surface area contributed by atoms with Crippen molar-refractivity contribution < 1.29 is 18.0 Å². The summed E-state index contributed by atoms with van der Waals surface area (Å²) < 4.78 is 40.0. The van der Waals surface area contributed by atoms with E-state index in [1.165, 1.54) is 0 Å². The van der Waals surface area contributed by atoms with Crippen molar-refractivity contribution >= 4 is 23.4 Å². The molecule has 2 N–H and O–H groups in total. The number of dihydropyridines is 1. The number of hydrogen-bond acceptors (Lipinski definition) is 6. The summed E-state index contributed by atoms with van der Waals surface area (Å²) in [5, 5.41) is 5.71. The highest BCUT2D eigenvalue weighted by Crippen LogP contribution is 2.34. The summed E-state index contributed by atoms with van der Waals surface area (Å²) in [6.45, 7) is 4.02. The molecule has 3 rings (SSSR count). The van der Waals surface area contributed by atoms with E-state index < -0.39 is 11.7 Å². The molecule has 0 saturated carbocycles. The molecule has 0 aliphatic carbocycles. The molecule has 1 saturated heterocycles. The number of anilines is 2. The van der Waals surface area contributed by atoms with E-state index in [2.05, 4.69) is 25.6 Å². The molecule has 1 amide bonds. The number of nitrogens with one attached hydrogen (secondary N) is 2. The fourth-order valence-corrected chi connectivity index (χ4v) is 3.30. The second-order valence-electron chi connectivity index (χ2n) is 7.07. The Morgan fingerprint density at radius 1 is 1.28 bits per heavy atom. The predicted octanol–water partition coefficient (Wildman–Crippen LogP) is 3.47. The van der Waals surface area contributed by atoms with E-state index in [-0.39, 0.29) is 24.2 Å². The van der Waals surface area contributed by atoms with Crippen LogP contribution >= 0.6 is 0 Å². The van der Waals surface area contributed by atoms with Crippen LogP contribution in [0.5, 0.6) is 0 Å². The number of aromatic nitrogens is 2. The highest BCUT2D eigenvalue weighted by molar-refractivity contribution is 6.00. The number of aliphatic imine (C=N–C) groups is 1. The van der Waals surface area contributed by atoms with E-state index in [0.717, 1.165) is 31.2 Å². The van der Waals surface area contributed by atoms with Gasteiger partial charge in [0.05, 0.1) is 11.4 Å². The van der Waals surface area contributed by atoms with Gasteiger partial charge in [-0.25, -0.2) is 4.98 Å². The van der Waals surface area contributed by atoms with Gasteiger partial charge in [-0.05, 0) is 32.6 Å². The number of carbonyl (C=O) groups is 1. The molecule has 0 aromatic carbocycles. The van der Waals surface area contributed by atoms with Gasteiger partial charge in [0.1, 0.15) is 11.4 Å². The van der Waals surface area contributed by atoms with Crippen molar-refractivity contribution in [3.8, 4) is 0 Å². The minimum absolute atomic E-state index is 0.0782. The van der Waals surface area contributed by atoms with Crippen LogP contribution in [0.4, 0.5) is 24.9 Å². The monoisotopic (exact) mass is 410 g/mol. The lowest BCUT2D eigenvalue weighted by Gasteiger charge is -2.26. The summed E-state index contributed by atoms with van der Waals surface area (Å²) in [7, 11) is 0. The van der Waals surface area contributed by atoms with Crippen LogP contribution in [0.2, 0.25) is 0 Å². The molecule has 1 aromatic heterocycles. The first-order valence-corrected chi connectivity index (χ1v) is 9.79. The molecule has 10 heteroatoms. The zero-order chi connectivity index (χ0) is 20.9. The van der Waals surface area contributed by atoms with Gasteiger partial charge in [-0.2, -0.15) is 18.2 Å². The van der Waals surface area contributed by atoms with Gasteiger partial charge >= 0.3 is 6.18 Å². The fourth-order valence-electron chi connectivity index (χ4n) is 3.30. The number of likely N-dealkylation sites (tertiary alicyclic amines) is 1. The highest BCUT2D eigenvalue weighted by Gasteiger charge is 2.35. The van der Waals surface area contributed by atoms with Gasteiger partial charge < -0.3 is 15.5 Å². The number of rotatable bonds is 7. The van der Waals surface area contributed by atoms with E-state index >= 15 is 0 Å². The molecule has 158 valence electrons. The molecule has 0 atom stereocenters. The van der Waals surface area contributed by atoms with Gasteiger partial charge in [0.2, 0.25) is 11.9 Å². The zero-order valence-corrected chi connectivity index (χ0v) is 16.3. The Kier molecular flexibility index (Phi) is 6.71. The largest absolute Gasteiger partial charge is 0.421 e. The molecule has 1 fully saturated rings. The van der Waals surface area contributed by atoms with E-state index in [4.69, 9.17) is 0 Å². The number of carbonyl (C=O) groups excluding carboxylic acids is 1. The van der Waals surface area contributed by atoms with Crippen molar-refractivity contribution in [2.75, 3.05) is 36.8 Å². The Labute approximate surface area is 167 Å². The van der Waals surface area contributed by atoms with Gasteiger partial charge in [0, 0.05) is 38.8 Å². The van der Waals surface area contributed by atoms with Crippen LogP contribution in [-0.2, 0) is 11.0 Å². The number of nitrogens with zero attached hydrogens (tertiary/aromatic N) is 4. The van der Waals surface area contributed by atoms with Crippen molar-refractivity contribution in [2.24, 2.45) is 4.99 Å². The number of alkyl halides is 3. The van der Waals surface area contributed by atoms with E-state index in [1.54, 1.807) is 4.90 Å². The van der Waals surface area contributed by atoms with E-state index in [9.17, 15) is 18.0 Å². The third-order valence-electron chi connectivity index (χ3n) is 4.88. The number of amides is 1. The van der Waals surface area contributed by atoms with Crippen LogP contribution in [0.1, 0.15) is 44.6 Å². The number of halogens is 3. The van der Waals surface area contributed by atoms with Crippen molar-refractivity contribution in [2.45, 2.75) is 45.2 Å². The molecule has 0 spiro atoms. The van der Waals surface area contributed by atoms with Crippen molar-refractivity contribution in [3.63, 3.8) is 0 Å². The van der Waals surface area contributed by atoms with Crippen LogP contribution in [-0.4, -0.2) is 52.7 Å². The van der Waals surface area contributed by atoms with Gasteiger partial charge in [-0.3, -0.25) is 9.79 Å². The normalized spacial score (nSPS) is 17.7. The summed E-state index contributed by atoms with van der Waals surface area (Å²) >= 11 is 0. The second kappa shape index (κ2) is 9.23. The predicted molar refractivity (Wildman–Crippen MR) is 105 cm³/mol. The van der Waals surface area contributed by atoms with Crippen molar-refractivity contribution in [1.29, 1.82) is 0 Å². The molecule has 0 unspecified atom stereocenters. The Balaban J connectivity index is 1.65. The number of hydrogen-bond donors (Lipinski definition) is 2. The molecule has 0 radical (unpaired) electrons. The Bertz CT molecular complexity index is 806. The first-order valence-electron chi connectivity index (χ1n) is 9.79. The summed E-state index contributed by atoms with van der Waals surface area (Å²) in [5.41, 5.74) is 0.547. The van der Waals surface area contributed by atoms with Crippen molar-refractivity contribution in [1.82, 2.24) is 14.9 Å². The molecule has 1 aromatic rings. The van der Waals surface area contributed by atoms with Crippen LogP contribution in [0.3, 0.4) is 0 Å². The molecule has 0 bridgehead atoms. The summed E-state index contributed by atoms with van der Waals surface area (Å²) in [6, 6.07) is 0. The van der Waals surface area contributed by atoms with Crippen molar-refractivity contribution in [3.05, 3.63) is 23.5 Å². The Hall–Kier alpha value is -2.65. The fraction of sp³-hybridized carbons (Fsp3) is 0.579. The van der Waals surface area contributed by atoms with Crippen LogP contribution in [0.25, 0.3) is 0 Å². The average molecular weight is 410 g/mol. The van der Waals surface area contributed by atoms with E-state index in [0.29, 0.717) is 38.2 Å². The Morgan fingerprint density at radius 3 is 2.83 bits per heavy atom. The molecule has 2 aliphatic heterocycles. The molecule has 29 heavy (non-hydrogen) atoms. The third kappa shape index (κ3) is 5.68. The minimum atomic E-state index is -4.56. The average Bonchev–Trinajstić information content (AvgIpc) is 2.67. The lowest BCUT2D eigenvalue weighted by molar-refractivity contribution is -0.137. The topological polar surface area (TPSA) is 82.5 Å². The maximum absolute atomic E-state index is 13.3. The van der Waals surface area contributed by atoms with E-state index in [1.807, 2.05) is 13.0 Å². The molecule has 3 heterocycles. The maximum atomic E-state index is 13.3. The second-order valence-corrected chi connectivity index (χ2v) is 7.07. The van der Waals surface area contributed by atoms with Gasteiger partial charge in [0.15, 0.2) is 0 Å². The third-order valence-corrected chi connectivity index (χ3v) is 4.88. The number of allylic oxidation sites excluding steroid dienone is 1. The lowest BCUT2D eigenvalue weighted by Crippen LogP contribution is -2.36. The smallest absolute Gasteiger partial charge is 0.369 e. The highest BCUT2D eigenvalue weighted by atomic mass is 19.4. The summed E-state index contributed by atoms with van der Waals surface area (Å²) in [4.78, 5) is 25.7. The van der Waals surface area contributed by atoms with Crippen LogP contribution in [0, 0.1) is 0 Å². The maximum Gasteiger partial charge on any atom is 0.421 e. The standard InChI is InChI=1S/C19H25F3N6O/c1-13-15(6-4-8-23-13)26-18-25-12-14(19(20,21)22)17(27-18)24-9-5-11-28-10-3-2-7-16(28)29/h6,12H,2-5,7-11H2,1H3,(H2,24,25,26,27). The summed E-state index contributed by atoms with van der Waals surface area (Å²) in [6.07, 6.45) is 1.84. The van der Waals surface area contributed by atoms with Gasteiger partial charge in [-0.15, -0.1) is 0 Å². The molecular weight excluding hydrogens is 385 g/mol. The summed E-state index contributed by atoms with van der Waals surface area (Å²) in [5.74, 6) is -0.0843. The lowest BCUT2D eigenvalue weighted by atomic mass is 10.1. The van der Waals surface area contributed by atoms with Gasteiger partial charge in [0.25, 0.3) is 0 Å². The van der Waals surface area contributed by atoms with Crippen LogP contribution < -0.4 is 10.6 Å².